The summed E-state index contributed by atoms with van der Waals surface area (Å²) in [6.07, 6.45) is -2.91. The number of hydrogen-bond donors (Lipinski definition) is 2. The predicted octanol–water partition coefficient (Wildman–Crippen LogP) is 2.10. The summed E-state index contributed by atoms with van der Waals surface area (Å²) in [5.41, 5.74) is 0.780. The zero-order chi connectivity index (χ0) is 15.7. The topological polar surface area (TPSA) is 58.5 Å². The second kappa shape index (κ2) is 8.33. The van der Waals surface area contributed by atoms with Crippen LogP contribution >= 0.6 is 0 Å². The Labute approximate surface area is 121 Å². The maximum Gasteiger partial charge on any atom is 0.422 e. The molecule has 0 aliphatic heterocycles. The molecule has 0 amide bonds. The number of nitrogens with one attached hydrogen (secondary N) is 2. The van der Waals surface area contributed by atoms with Crippen LogP contribution < -0.4 is 15.4 Å². The minimum absolute atomic E-state index is 0.0568. The van der Waals surface area contributed by atoms with Gasteiger partial charge in [0, 0.05) is 25.4 Å². The van der Waals surface area contributed by atoms with Gasteiger partial charge < -0.3 is 15.4 Å². The number of rotatable bonds is 6. The molecule has 1 rings (SSSR count). The molecule has 118 valence electrons. The van der Waals surface area contributed by atoms with Crippen molar-refractivity contribution in [3.05, 3.63) is 23.9 Å². The molecule has 0 saturated carbocycles. The van der Waals surface area contributed by atoms with Crippen LogP contribution in [0, 0.1) is 0 Å². The zero-order valence-corrected chi connectivity index (χ0v) is 12.0. The highest BCUT2D eigenvalue weighted by Crippen LogP contribution is 2.17. The molecular weight excluding hydrogens is 285 g/mol. The van der Waals surface area contributed by atoms with Crippen LogP contribution in [0.5, 0.6) is 5.88 Å². The van der Waals surface area contributed by atoms with Gasteiger partial charge in [0.05, 0.1) is 6.54 Å². The molecule has 0 radical (unpaired) electrons. The minimum Gasteiger partial charge on any atom is -0.468 e. The molecular formula is C13H19F3N4O. The van der Waals surface area contributed by atoms with E-state index in [2.05, 4.69) is 25.3 Å². The molecule has 0 aliphatic rings. The van der Waals surface area contributed by atoms with Gasteiger partial charge in [0.25, 0.3) is 0 Å². The van der Waals surface area contributed by atoms with Gasteiger partial charge >= 0.3 is 6.18 Å². The Kier molecular flexibility index (Phi) is 6.77. The highest BCUT2D eigenvalue weighted by atomic mass is 19.4. The summed E-state index contributed by atoms with van der Waals surface area (Å²) < 4.78 is 40.5. The van der Waals surface area contributed by atoms with E-state index < -0.39 is 12.8 Å². The maximum absolute atomic E-state index is 12.0. The number of halogens is 3. The third-order valence-corrected chi connectivity index (χ3v) is 2.29. The van der Waals surface area contributed by atoms with E-state index in [4.69, 9.17) is 0 Å². The van der Waals surface area contributed by atoms with Gasteiger partial charge in [0.2, 0.25) is 5.88 Å². The van der Waals surface area contributed by atoms with Crippen LogP contribution in [0.15, 0.2) is 23.3 Å². The summed E-state index contributed by atoms with van der Waals surface area (Å²) in [7, 11) is 0. The quantitative estimate of drug-likeness (QED) is 0.624. The molecule has 1 aromatic heterocycles. The van der Waals surface area contributed by atoms with Gasteiger partial charge in [-0.3, -0.25) is 0 Å². The average Bonchev–Trinajstić information content (AvgIpc) is 2.43. The van der Waals surface area contributed by atoms with Crippen molar-refractivity contribution in [3.63, 3.8) is 0 Å². The largest absolute Gasteiger partial charge is 0.468 e. The molecule has 1 aromatic rings. The van der Waals surface area contributed by atoms with Crippen LogP contribution in [0.1, 0.15) is 19.4 Å². The predicted molar refractivity (Wildman–Crippen MR) is 74.3 cm³/mol. The smallest absolute Gasteiger partial charge is 0.422 e. The molecule has 0 fully saturated rings. The van der Waals surface area contributed by atoms with Crippen molar-refractivity contribution in [2.75, 3.05) is 19.7 Å². The summed E-state index contributed by atoms with van der Waals surface area (Å²) in [4.78, 5) is 8.14. The first-order valence-corrected chi connectivity index (χ1v) is 6.61. The number of guanidine groups is 1. The van der Waals surface area contributed by atoms with Crippen molar-refractivity contribution in [1.82, 2.24) is 15.6 Å². The van der Waals surface area contributed by atoms with Crippen LogP contribution in [0.2, 0.25) is 0 Å². The molecule has 2 N–H and O–H groups in total. The highest BCUT2D eigenvalue weighted by molar-refractivity contribution is 5.79. The van der Waals surface area contributed by atoms with E-state index in [0.717, 1.165) is 18.7 Å². The summed E-state index contributed by atoms with van der Waals surface area (Å²) in [5, 5.41) is 6.14. The Morgan fingerprint density at radius 2 is 1.90 bits per heavy atom. The fraction of sp³-hybridized carbons (Fsp3) is 0.538. The van der Waals surface area contributed by atoms with Crippen LogP contribution in [0.3, 0.4) is 0 Å². The molecule has 0 spiro atoms. The van der Waals surface area contributed by atoms with E-state index in [1.165, 1.54) is 12.3 Å². The Bertz CT molecular complexity index is 438. The Morgan fingerprint density at radius 1 is 1.24 bits per heavy atom. The number of alkyl halides is 3. The van der Waals surface area contributed by atoms with Crippen molar-refractivity contribution in [1.29, 1.82) is 0 Å². The molecule has 1 heterocycles. The molecule has 21 heavy (non-hydrogen) atoms. The molecule has 0 bridgehead atoms. The number of hydrogen-bond acceptors (Lipinski definition) is 3. The Morgan fingerprint density at radius 3 is 2.38 bits per heavy atom. The first-order chi connectivity index (χ1) is 9.94. The van der Waals surface area contributed by atoms with Gasteiger partial charge in [0.1, 0.15) is 0 Å². The number of nitrogens with zero attached hydrogens (tertiary/aromatic N) is 2. The fourth-order valence-corrected chi connectivity index (χ4v) is 1.43. The van der Waals surface area contributed by atoms with Crippen molar-refractivity contribution in [2.24, 2.45) is 4.99 Å². The SMILES string of the molecule is CCNC(=NCc1ccc(OCC(F)(F)F)nc1)NCC. The zero-order valence-electron chi connectivity index (χ0n) is 12.0. The lowest BCUT2D eigenvalue weighted by molar-refractivity contribution is -0.154. The lowest BCUT2D eigenvalue weighted by Crippen LogP contribution is -2.36. The summed E-state index contributed by atoms with van der Waals surface area (Å²) in [6, 6.07) is 3.04. The average molecular weight is 304 g/mol. The van der Waals surface area contributed by atoms with E-state index in [9.17, 15) is 13.2 Å². The minimum atomic E-state index is -4.36. The number of pyridine rings is 1. The Balaban J connectivity index is 2.55. The highest BCUT2D eigenvalue weighted by Gasteiger charge is 2.28. The Hall–Kier alpha value is -1.99. The standard InChI is InChI=1S/C13H19F3N4O/c1-3-17-12(18-4-2)20-8-10-5-6-11(19-7-10)21-9-13(14,15)16/h5-7H,3-4,8-9H2,1-2H3,(H2,17,18,20). The van der Waals surface area contributed by atoms with E-state index in [1.54, 1.807) is 6.07 Å². The maximum atomic E-state index is 12.0. The van der Waals surface area contributed by atoms with Crippen LogP contribution in [0.4, 0.5) is 13.2 Å². The van der Waals surface area contributed by atoms with Crippen molar-refractivity contribution in [2.45, 2.75) is 26.6 Å². The van der Waals surface area contributed by atoms with E-state index in [-0.39, 0.29) is 5.88 Å². The van der Waals surface area contributed by atoms with Gasteiger partial charge in [-0.2, -0.15) is 13.2 Å². The molecule has 5 nitrogen and oxygen atoms in total. The van der Waals surface area contributed by atoms with Crippen LogP contribution in [-0.4, -0.2) is 36.8 Å². The monoisotopic (exact) mass is 304 g/mol. The van der Waals surface area contributed by atoms with Crippen molar-refractivity contribution >= 4 is 5.96 Å². The molecule has 0 aliphatic carbocycles. The van der Waals surface area contributed by atoms with E-state index >= 15 is 0 Å². The first-order valence-electron chi connectivity index (χ1n) is 6.61. The van der Waals surface area contributed by atoms with Gasteiger partial charge in [0.15, 0.2) is 12.6 Å². The van der Waals surface area contributed by atoms with Crippen molar-refractivity contribution in [3.8, 4) is 5.88 Å². The third kappa shape index (κ3) is 7.38. The number of aromatic nitrogens is 1. The van der Waals surface area contributed by atoms with E-state index in [0.29, 0.717) is 12.5 Å². The fourth-order valence-electron chi connectivity index (χ4n) is 1.43. The van der Waals surface area contributed by atoms with Gasteiger partial charge in [-0.1, -0.05) is 6.07 Å². The number of aliphatic imine (C=N–C) groups is 1. The molecule has 0 unspecified atom stereocenters. The summed E-state index contributed by atoms with van der Waals surface area (Å²) in [5.74, 6) is 0.621. The lowest BCUT2D eigenvalue weighted by atomic mass is 10.3. The van der Waals surface area contributed by atoms with Gasteiger partial charge in [-0.05, 0) is 19.4 Å². The second-order valence-corrected chi connectivity index (χ2v) is 4.13. The molecule has 0 atom stereocenters. The normalized spacial score (nSPS) is 10.9. The second-order valence-electron chi connectivity index (χ2n) is 4.13. The van der Waals surface area contributed by atoms with Crippen LogP contribution in [-0.2, 0) is 6.54 Å². The van der Waals surface area contributed by atoms with E-state index in [1.807, 2.05) is 13.8 Å². The number of ether oxygens (including phenoxy) is 1. The van der Waals surface area contributed by atoms with Gasteiger partial charge in [-0.15, -0.1) is 0 Å². The lowest BCUT2D eigenvalue weighted by Gasteiger charge is -2.10. The van der Waals surface area contributed by atoms with Crippen LogP contribution in [0.25, 0.3) is 0 Å². The molecule has 8 heteroatoms. The third-order valence-electron chi connectivity index (χ3n) is 2.29. The van der Waals surface area contributed by atoms with Gasteiger partial charge in [-0.25, -0.2) is 9.98 Å². The van der Waals surface area contributed by atoms with Crippen molar-refractivity contribution < 1.29 is 17.9 Å². The first kappa shape index (κ1) is 17.1. The molecule has 0 saturated heterocycles. The summed E-state index contributed by atoms with van der Waals surface area (Å²) >= 11 is 0. The summed E-state index contributed by atoms with van der Waals surface area (Å²) in [6.45, 7) is 4.44. The molecule has 0 aromatic carbocycles.